The number of rotatable bonds is 5. The van der Waals surface area contributed by atoms with Crippen LogP contribution in [0.1, 0.15) is 58.4 Å². The molecule has 1 saturated heterocycles. The van der Waals surface area contributed by atoms with Crippen LogP contribution in [0.4, 0.5) is 0 Å². The lowest BCUT2D eigenvalue weighted by molar-refractivity contribution is -0.155. The van der Waals surface area contributed by atoms with Crippen molar-refractivity contribution in [1.29, 1.82) is 0 Å². The van der Waals surface area contributed by atoms with E-state index in [0.717, 1.165) is 17.9 Å². The minimum absolute atomic E-state index is 0.217. The van der Waals surface area contributed by atoms with Crippen molar-refractivity contribution in [3.8, 4) is 0 Å². The second kappa shape index (κ2) is 6.57. The van der Waals surface area contributed by atoms with Gasteiger partial charge in [-0.2, -0.15) is 0 Å². The van der Waals surface area contributed by atoms with Crippen molar-refractivity contribution in [1.82, 2.24) is 4.90 Å². The molecule has 1 unspecified atom stereocenters. The Balaban J connectivity index is 1.59. The van der Waals surface area contributed by atoms with Gasteiger partial charge >= 0.3 is 0 Å². The number of hydrogen-bond donors (Lipinski definition) is 1. The first-order valence-electron chi connectivity index (χ1n) is 9.42. The average Bonchev–Trinajstić information content (AvgIpc) is 2.55. The van der Waals surface area contributed by atoms with Gasteiger partial charge in [-0.15, -0.1) is 0 Å². The van der Waals surface area contributed by atoms with E-state index in [1.807, 2.05) is 25.1 Å². The van der Waals surface area contributed by atoms with Crippen LogP contribution in [0, 0.1) is 17.3 Å². The molecule has 1 aliphatic carbocycles. The topological polar surface area (TPSA) is 23.5 Å². The molecule has 0 radical (unpaired) electrons. The van der Waals surface area contributed by atoms with E-state index in [1.165, 1.54) is 45.3 Å². The molecular formula is C21H33NO. The average molecular weight is 316 g/mol. The van der Waals surface area contributed by atoms with Gasteiger partial charge in [0.05, 0.1) is 5.60 Å². The molecule has 2 fully saturated rings. The van der Waals surface area contributed by atoms with Gasteiger partial charge in [0.1, 0.15) is 0 Å². The molecule has 1 aromatic carbocycles. The van der Waals surface area contributed by atoms with Crippen LogP contribution in [-0.2, 0) is 5.60 Å². The maximum absolute atomic E-state index is 11.2. The Bertz CT molecular complexity index is 502. The quantitative estimate of drug-likeness (QED) is 0.868. The van der Waals surface area contributed by atoms with E-state index in [-0.39, 0.29) is 5.41 Å². The van der Waals surface area contributed by atoms with Gasteiger partial charge in [0.2, 0.25) is 0 Å². The first-order valence-corrected chi connectivity index (χ1v) is 9.42. The Morgan fingerprint density at radius 3 is 2.39 bits per heavy atom. The zero-order valence-electron chi connectivity index (χ0n) is 15.1. The summed E-state index contributed by atoms with van der Waals surface area (Å²) in [5, 5.41) is 11.2. The van der Waals surface area contributed by atoms with Crippen molar-refractivity contribution in [3.05, 3.63) is 35.9 Å². The maximum atomic E-state index is 11.2. The molecule has 3 atom stereocenters. The van der Waals surface area contributed by atoms with Crippen LogP contribution in [0.2, 0.25) is 0 Å². The van der Waals surface area contributed by atoms with Gasteiger partial charge in [0, 0.05) is 0 Å². The number of likely N-dealkylation sites (tertiary alicyclic amines) is 1. The standard InChI is InChI=1S/C21H33NO/c1-20(2)18(12-15-22-13-8-5-9-14-22)16-19(20)21(3,23)17-10-6-4-7-11-17/h4,6-7,10-11,18-19,23H,5,8-9,12-16H2,1-3H3/t18-,19+,21?/m0/s1. The lowest BCUT2D eigenvalue weighted by Crippen LogP contribution is -2.55. The number of nitrogens with zero attached hydrogens (tertiary/aromatic N) is 1. The summed E-state index contributed by atoms with van der Waals surface area (Å²) in [7, 11) is 0. The van der Waals surface area contributed by atoms with Crippen LogP contribution < -0.4 is 0 Å². The van der Waals surface area contributed by atoms with Crippen molar-refractivity contribution in [2.24, 2.45) is 17.3 Å². The second-order valence-electron chi connectivity index (χ2n) is 8.51. The first-order chi connectivity index (χ1) is 10.9. The van der Waals surface area contributed by atoms with Crippen LogP contribution in [-0.4, -0.2) is 29.6 Å². The Hall–Kier alpha value is -0.860. The predicted molar refractivity (Wildman–Crippen MR) is 96.3 cm³/mol. The lowest BCUT2D eigenvalue weighted by Gasteiger charge is -2.58. The van der Waals surface area contributed by atoms with Crippen molar-refractivity contribution in [2.75, 3.05) is 19.6 Å². The number of hydrogen-bond acceptors (Lipinski definition) is 2. The summed E-state index contributed by atoms with van der Waals surface area (Å²) in [4.78, 5) is 2.64. The Kier molecular flexibility index (Phi) is 4.85. The fourth-order valence-corrected chi connectivity index (χ4v) is 4.96. The molecule has 2 nitrogen and oxygen atoms in total. The van der Waals surface area contributed by atoms with Crippen LogP contribution in [0.15, 0.2) is 30.3 Å². The van der Waals surface area contributed by atoms with Gasteiger partial charge < -0.3 is 10.0 Å². The van der Waals surface area contributed by atoms with Gasteiger partial charge in [-0.05, 0) is 75.1 Å². The van der Waals surface area contributed by atoms with E-state index in [2.05, 4.69) is 30.9 Å². The summed E-state index contributed by atoms with van der Waals surface area (Å²) in [6.45, 7) is 10.6. The molecule has 3 rings (SSSR count). The lowest BCUT2D eigenvalue weighted by atomic mass is 9.48. The summed E-state index contributed by atoms with van der Waals surface area (Å²) in [6, 6.07) is 10.2. The molecule has 0 aromatic heterocycles. The summed E-state index contributed by atoms with van der Waals surface area (Å²) in [5.41, 5.74) is 0.564. The van der Waals surface area contributed by atoms with Gasteiger partial charge in [0.15, 0.2) is 0 Å². The minimum Gasteiger partial charge on any atom is -0.385 e. The smallest absolute Gasteiger partial charge is 0.0901 e. The molecule has 1 aromatic rings. The number of piperidine rings is 1. The molecule has 1 N–H and O–H groups in total. The highest BCUT2D eigenvalue weighted by molar-refractivity contribution is 5.25. The van der Waals surface area contributed by atoms with Crippen molar-refractivity contribution in [2.45, 2.75) is 58.5 Å². The third-order valence-electron chi connectivity index (χ3n) is 6.75. The van der Waals surface area contributed by atoms with Crippen molar-refractivity contribution < 1.29 is 5.11 Å². The number of aliphatic hydroxyl groups is 1. The van der Waals surface area contributed by atoms with E-state index in [4.69, 9.17) is 0 Å². The highest BCUT2D eigenvalue weighted by atomic mass is 16.3. The van der Waals surface area contributed by atoms with Gasteiger partial charge in [0.25, 0.3) is 0 Å². The Morgan fingerprint density at radius 2 is 1.78 bits per heavy atom. The van der Waals surface area contributed by atoms with E-state index >= 15 is 0 Å². The predicted octanol–water partition coefficient (Wildman–Crippen LogP) is 4.43. The SMILES string of the molecule is CC(O)(c1ccccc1)[C@@H]1C[C@H](CCN2CCCCC2)C1(C)C. The van der Waals surface area contributed by atoms with Crippen molar-refractivity contribution in [3.63, 3.8) is 0 Å². The fourth-order valence-electron chi connectivity index (χ4n) is 4.96. The van der Waals surface area contributed by atoms with Crippen LogP contribution in [0.25, 0.3) is 0 Å². The van der Waals surface area contributed by atoms with Crippen LogP contribution >= 0.6 is 0 Å². The molecule has 0 bridgehead atoms. The summed E-state index contributed by atoms with van der Waals surface area (Å²) < 4.78 is 0. The summed E-state index contributed by atoms with van der Waals surface area (Å²) >= 11 is 0. The maximum Gasteiger partial charge on any atom is 0.0901 e. The monoisotopic (exact) mass is 315 g/mol. The molecule has 0 amide bonds. The Labute approximate surface area is 141 Å². The normalized spacial score (nSPS) is 30.4. The molecule has 2 aliphatic rings. The third-order valence-corrected chi connectivity index (χ3v) is 6.75. The molecule has 1 aliphatic heterocycles. The minimum atomic E-state index is -0.716. The zero-order valence-corrected chi connectivity index (χ0v) is 15.1. The van der Waals surface area contributed by atoms with Crippen LogP contribution in [0.3, 0.4) is 0 Å². The molecule has 0 spiro atoms. The highest BCUT2D eigenvalue weighted by Gasteiger charge is 2.55. The van der Waals surface area contributed by atoms with Gasteiger partial charge in [-0.25, -0.2) is 0 Å². The number of benzene rings is 1. The van der Waals surface area contributed by atoms with Gasteiger partial charge in [-0.1, -0.05) is 50.6 Å². The summed E-state index contributed by atoms with van der Waals surface area (Å²) in [6.07, 6.45) is 6.60. The zero-order chi connectivity index (χ0) is 16.5. The summed E-state index contributed by atoms with van der Waals surface area (Å²) in [5.74, 6) is 1.09. The molecular weight excluding hydrogens is 282 g/mol. The second-order valence-corrected chi connectivity index (χ2v) is 8.51. The van der Waals surface area contributed by atoms with Crippen molar-refractivity contribution >= 4 is 0 Å². The Morgan fingerprint density at radius 1 is 1.13 bits per heavy atom. The van der Waals surface area contributed by atoms with E-state index < -0.39 is 5.60 Å². The highest BCUT2D eigenvalue weighted by Crippen LogP contribution is 2.59. The largest absolute Gasteiger partial charge is 0.385 e. The molecule has 1 heterocycles. The fraction of sp³-hybridized carbons (Fsp3) is 0.714. The molecule has 23 heavy (non-hydrogen) atoms. The van der Waals surface area contributed by atoms with Gasteiger partial charge in [-0.3, -0.25) is 0 Å². The van der Waals surface area contributed by atoms with E-state index in [9.17, 15) is 5.11 Å². The first kappa shape index (κ1) is 17.0. The van der Waals surface area contributed by atoms with Crippen LogP contribution in [0.5, 0.6) is 0 Å². The molecule has 128 valence electrons. The third kappa shape index (κ3) is 3.34. The van der Waals surface area contributed by atoms with E-state index in [1.54, 1.807) is 0 Å². The van der Waals surface area contributed by atoms with E-state index in [0.29, 0.717) is 5.92 Å². The molecule has 2 heteroatoms. The molecule has 1 saturated carbocycles.